The molecule has 4 nitrogen and oxygen atoms in total. The van der Waals surface area contributed by atoms with Crippen molar-refractivity contribution < 1.29 is 9.53 Å². The molecule has 0 saturated carbocycles. The number of ether oxygens (including phenoxy) is 1. The van der Waals surface area contributed by atoms with Gasteiger partial charge >= 0.3 is 0 Å². The highest BCUT2D eigenvalue weighted by Crippen LogP contribution is 2.33. The number of carbonyl (C=O) groups is 1. The molecule has 0 saturated heterocycles. The number of nitrogens with zero attached hydrogens (tertiary/aromatic N) is 1. The molecular formula is C22H22N2O2. The van der Waals surface area contributed by atoms with E-state index in [1.807, 2.05) is 48.5 Å². The van der Waals surface area contributed by atoms with Crippen molar-refractivity contribution in [1.82, 2.24) is 4.98 Å². The first-order valence-electron chi connectivity index (χ1n) is 9.08. The number of fused-ring (bicyclic) bond motifs is 2. The van der Waals surface area contributed by atoms with Gasteiger partial charge in [-0.3, -0.25) is 9.78 Å². The number of aromatic nitrogens is 1. The summed E-state index contributed by atoms with van der Waals surface area (Å²) < 4.78 is 5.37. The van der Waals surface area contributed by atoms with Crippen molar-refractivity contribution in [2.45, 2.75) is 32.1 Å². The number of amides is 1. The normalized spacial score (nSPS) is 13.3. The van der Waals surface area contributed by atoms with Crippen molar-refractivity contribution in [1.29, 1.82) is 0 Å². The Balaban J connectivity index is 1.69. The van der Waals surface area contributed by atoms with E-state index in [1.165, 1.54) is 5.56 Å². The molecule has 26 heavy (non-hydrogen) atoms. The van der Waals surface area contributed by atoms with Crippen LogP contribution in [0.25, 0.3) is 10.9 Å². The van der Waals surface area contributed by atoms with Crippen LogP contribution in [0.5, 0.6) is 5.75 Å². The molecule has 0 radical (unpaired) electrons. The number of hydrogen-bond acceptors (Lipinski definition) is 3. The maximum atomic E-state index is 12.8. The van der Waals surface area contributed by atoms with Gasteiger partial charge in [-0.05, 0) is 43.4 Å². The first-order chi connectivity index (χ1) is 12.8. The van der Waals surface area contributed by atoms with Crippen LogP contribution in [-0.2, 0) is 24.1 Å². The molecule has 1 amide bonds. The number of hydrogen-bond donors (Lipinski definition) is 1. The molecule has 4 heteroatoms. The van der Waals surface area contributed by atoms with E-state index >= 15 is 0 Å². The fourth-order valence-electron chi connectivity index (χ4n) is 3.72. The van der Waals surface area contributed by atoms with Crippen molar-refractivity contribution in [2.24, 2.45) is 0 Å². The molecule has 132 valence electrons. The third kappa shape index (κ3) is 3.15. The van der Waals surface area contributed by atoms with Gasteiger partial charge in [-0.15, -0.1) is 0 Å². The SMILES string of the molecule is COc1ccccc1CC(=O)Nc1c2c(nc3ccccc13)CCCC2. The van der Waals surface area contributed by atoms with Crippen LogP contribution in [0.4, 0.5) is 5.69 Å². The predicted octanol–water partition coefficient (Wildman–Crippen LogP) is 4.30. The highest BCUT2D eigenvalue weighted by molar-refractivity contribution is 6.03. The Labute approximate surface area is 153 Å². The first-order valence-corrected chi connectivity index (χ1v) is 9.08. The van der Waals surface area contributed by atoms with E-state index < -0.39 is 0 Å². The summed E-state index contributed by atoms with van der Waals surface area (Å²) in [4.78, 5) is 17.6. The van der Waals surface area contributed by atoms with Crippen molar-refractivity contribution in [2.75, 3.05) is 12.4 Å². The van der Waals surface area contributed by atoms with Crippen molar-refractivity contribution in [3.05, 3.63) is 65.4 Å². The zero-order valence-electron chi connectivity index (χ0n) is 14.9. The summed E-state index contributed by atoms with van der Waals surface area (Å²) in [7, 11) is 1.63. The minimum atomic E-state index is -0.0290. The van der Waals surface area contributed by atoms with Crippen molar-refractivity contribution >= 4 is 22.5 Å². The molecule has 0 spiro atoms. The minimum absolute atomic E-state index is 0.0290. The van der Waals surface area contributed by atoms with Gasteiger partial charge in [-0.25, -0.2) is 0 Å². The summed E-state index contributed by atoms with van der Waals surface area (Å²) in [5, 5.41) is 4.19. The average Bonchev–Trinajstić information content (AvgIpc) is 2.68. The number of carbonyl (C=O) groups excluding carboxylic acids is 1. The number of aryl methyl sites for hydroxylation is 1. The van der Waals surface area contributed by atoms with E-state index in [2.05, 4.69) is 5.32 Å². The van der Waals surface area contributed by atoms with Gasteiger partial charge < -0.3 is 10.1 Å². The van der Waals surface area contributed by atoms with Gasteiger partial charge in [0.25, 0.3) is 0 Å². The predicted molar refractivity (Wildman–Crippen MR) is 104 cm³/mol. The summed E-state index contributed by atoms with van der Waals surface area (Å²) >= 11 is 0. The minimum Gasteiger partial charge on any atom is -0.496 e. The molecule has 3 aromatic rings. The Morgan fingerprint density at radius 1 is 1.08 bits per heavy atom. The van der Waals surface area contributed by atoms with Gasteiger partial charge in [0.2, 0.25) is 5.91 Å². The fourth-order valence-corrected chi connectivity index (χ4v) is 3.72. The van der Waals surface area contributed by atoms with Crippen LogP contribution < -0.4 is 10.1 Å². The van der Waals surface area contributed by atoms with Gasteiger partial charge in [0, 0.05) is 16.6 Å². The maximum Gasteiger partial charge on any atom is 0.228 e. The zero-order valence-corrected chi connectivity index (χ0v) is 14.9. The molecule has 0 atom stereocenters. The smallest absolute Gasteiger partial charge is 0.228 e. The Hall–Kier alpha value is -2.88. The van der Waals surface area contributed by atoms with E-state index in [1.54, 1.807) is 7.11 Å². The molecule has 0 bridgehead atoms. The van der Waals surface area contributed by atoms with Gasteiger partial charge in [0.05, 0.1) is 24.7 Å². The highest BCUT2D eigenvalue weighted by Gasteiger charge is 2.20. The number of anilines is 1. The second-order valence-electron chi connectivity index (χ2n) is 6.67. The molecule has 1 aliphatic carbocycles. The number of para-hydroxylation sites is 2. The third-order valence-corrected chi connectivity index (χ3v) is 4.98. The topological polar surface area (TPSA) is 51.2 Å². The van der Waals surface area contributed by atoms with E-state index in [9.17, 15) is 4.79 Å². The number of nitrogens with one attached hydrogen (secondary N) is 1. The second-order valence-corrected chi connectivity index (χ2v) is 6.67. The summed E-state index contributed by atoms with van der Waals surface area (Å²) in [5.41, 5.74) is 5.09. The van der Waals surface area contributed by atoms with Crippen LogP contribution in [0.1, 0.15) is 29.7 Å². The Morgan fingerprint density at radius 3 is 2.73 bits per heavy atom. The van der Waals surface area contributed by atoms with Crippen molar-refractivity contribution in [3.63, 3.8) is 0 Å². The summed E-state index contributed by atoms with van der Waals surface area (Å²) in [6.07, 6.45) is 4.54. The lowest BCUT2D eigenvalue weighted by molar-refractivity contribution is -0.115. The summed E-state index contributed by atoms with van der Waals surface area (Å²) in [6, 6.07) is 15.7. The molecule has 0 aliphatic heterocycles. The third-order valence-electron chi connectivity index (χ3n) is 4.98. The molecule has 1 N–H and O–H groups in total. The van der Waals surface area contributed by atoms with Crippen LogP contribution >= 0.6 is 0 Å². The quantitative estimate of drug-likeness (QED) is 0.766. The number of pyridine rings is 1. The monoisotopic (exact) mass is 346 g/mol. The molecule has 0 unspecified atom stereocenters. The Morgan fingerprint density at radius 2 is 1.85 bits per heavy atom. The molecule has 2 aromatic carbocycles. The van der Waals surface area contributed by atoms with Crippen LogP contribution in [0.3, 0.4) is 0 Å². The zero-order chi connectivity index (χ0) is 17.9. The standard InChI is InChI=1S/C22H22N2O2/c1-26-20-13-7-2-8-15(20)14-21(25)24-22-16-9-3-5-11-18(16)23-19-12-6-4-10-17(19)22/h2-3,5,7-9,11,13H,4,6,10,12,14H2,1H3,(H,23,24,25). The number of methoxy groups -OCH3 is 1. The Bertz CT molecular complexity index is 966. The second kappa shape index (κ2) is 7.16. The van der Waals surface area contributed by atoms with Crippen molar-refractivity contribution in [3.8, 4) is 5.75 Å². The number of benzene rings is 2. The molecule has 1 heterocycles. The van der Waals surface area contributed by atoms with Gasteiger partial charge in [-0.1, -0.05) is 36.4 Å². The van der Waals surface area contributed by atoms with Crippen LogP contribution in [0.15, 0.2) is 48.5 Å². The maximum absolute atomic E-state index is 12.8. The largest absolute Gasteiger partial charge is 0.496 e. The molecule has 4 rings (SSSR count). The first kappa shape index (κ1) is 16.6. The highest BCUT2D eigenvalue weighted by atomic mass is 16.5. The van der Waals surface area contributed by atoms with Crippen LogP contribution in [0.2, 0.25) is 0 Å². The lowest BCUT2D eigenvalue weighted by atomic mass is 9.92. The van der Waals surface area contributed by atoms with Crippen LogP contribution in [0, 0.1) is 0 Å². The van der Waals surface area contributed by atoms with Crippen LogP contribution in [-0.4, -0.2) is 18.0 Å². The number of rotatable bonds is 4. The van der Waals surface area contributed by atoms with Gasteiger partial charge in [0.15, 0.2) is 0 Å². The molecule has 1 aliphatic rings. The molecular weight excluding hydrogens is 324 g/mol. The van der Waals surface area contributed by atoms with E-state index in [0.717, 1.165) is 59.3 Å². The summed E-state index contributed by atoms with van der Waals surface area (Å²) in [6.45, 7) is 0. The molecule has 0 fully saturated rings. The lowest BCUT2D eigenvalue weighted by Crippen LogP contribution is -2.18. The van der Waals surface area contributed by atoms with E-state index in [0.29, 0.717) is 0 Å². The lowest BCUT2D eigenvalue weighted by Gasteiger charge is -2.21. The Kier molecular flexibility index (Phi) is 4.57. The average molecular weight is 346 g/mol. The van der Waals surface area contributed by atoms with E-state index in [4.69, 9.17) is 9.72 Å². The van der Waals surface area contributed by atoms with Gasteiger partial charge in [-0.2, -0.15) is 0 Å². The fraction of sp³-hybridized carbons (Fsp3) is 0.273. The van der Waals surface area contributed by atoms with E-state index in [-0.39, 0.29) is 12.3 Å². The van der Waals surface area contributed by atoms with Gasteiger partial charge in [0.1, 0.15) is 5.75 Å². The summed E-state index contributed by atoms with van der Waals surface area (Å²) in [5.74, 6) is 0.711. The molecule has 1 aromatic heterocycles.